The molecule has 0 aliphatic rings. The average Bonchev–Trinajstić information content (AvgIpc) is 3.26. The van der Waals surface area contributed by atoms with Gasteiger partial charge in [0.25, 0.3) is 0 Å². The lowest BCUT2D eigenvalue weighted by molar-refractivity contribution is 0.273. The van der Waals surface area contributed by atoms with E-state index in [1.807, 2.05) is 0 Å². The molecule has 0 unspecified atom stereocenters. The molecule has 3 rings (SSSR count). The van der Waals surface area contributed by atoms with Crippen molar-refractivity contribution in [3.05, 3.63) is 24.3 Å². The van der Waals surface area contributed by atoms with E-state index in [9.17, 15) is 14.4 Å². The first-order chi connectivity index (χ1) is 15.3. The number of hydrogen-bond acceptors (Lipinski definition) is 9. The van der Waals surface area contributed by atoms with E-state index in [0.29, 0.717) is 39.8 Å². The molecule has 0 bridgehead atoms. The molecule has 0 radical (unpaired) electrons. The van der Waals surface area contributed by atoms with Crippen LogP contribution < -0.4 is 28.2 Å². The fourth-order valence-corrected chi connectivity index (χ4v) is 3.51. The molecule has 0 saturated carbocycles. The molecule has 3 N–H and O–H groups in total. The lowest BCUT2D eigenvalue weighted by Gasteiger charge is -2.16. The van der Waals surface area contributed by atoms with E-state index in [1.54, 1.807) is 18.2 Å². The van der Waals surface area contributed by atoms with Crippen molar-refractivity contribution in [2.45, 2.75) is 0 Å². The van der Waals surface area contributed by atoms with Crippen molar-refractivity contribution in [2.24, 2.45) is 0 Å². The summed E-state index contributed by atoms with van der Waals surface area (Å²) in [6.07, 6.45) is 0. The lowest BCUT2D eigenvalue weighted by Crippen LogP contribution is -1.98. The van der Waals surface area contributed by atoms with Crippen molar-refractivity contribution >= 4 is 7.82 Å². The van der Waals surface area contributed by atoms with Crippen LogP contribution in [0.1, 0.15) is 0 Å². The van der Waals surface area contributed by atoms with E-state index in [1.165, 1.54) is 41.6 Å². The number of nitrogens with zero attached hydrogens (tertiary/aromatic N) is 2. The minimum atomic E-state index is -4.88. The molecule has 0 saturated heterocycles. The zero-order chi connectivity index (χ0) is 23.5. The summed E-state index contributed by atoms with van der Waals surface area (Å²) < 4.78 is 42.9. The third kappa shape index (κ3) is 4.57. The standard InChI is InChI=1S/C19H22N3O9P/c1-26-12-6-10(7-13(27-2)18(12)29-4)16-17(21-22-20-16)11-8-14(28-3)19(30-5)15(9-11)31-32(23,24)25/h6-9H,1-5H3,(H,20,21,22)(H2,23,24,25). The Hall–Kier alpha value is -3.47. The Kier molecular flexibility index (Phi) is 6.78. The highest BCUT2D eigenvalue weighted by Crippen LogP contribution is 2.49. The van der Waals surface area contributed by atoms with E-state index in [-0.39, 0.29) is 17.2 Å². The molecule has 1 aromatic heterocycles. The molecule has 0 amide bonds. The van der Waals surface area contributed by atoms with Crippen molar-refractivity contribution < 1.29 is 42.6 Å². The monoisotopic (exact) mass is 467 g/mol. The van der Waals surface area contributed by atoms with Crippen molar-refractivity contribution in [2.75, 3.05) is 35.5 Å². The summed E-state index contributed by atoms with van der Waals surface area (Å²) in [7, 11) is 2.30. The van der Waals surface area contributed by atoms with Gasteiger partial charge in [-0.05, 0) is 24.3 Å². The largest absolute Gasteiger partial charge is 0.524 e. The maximum atomic E-state index is 11.5. The summed E-state index contributed by atoms with van der Waals surface area (Å²) in [5.41, 5.74) is 1.81. The van der Waals surface area contributed by atoms with Crippen LogP contribution in [-0.2, 0) is 4.57 Å². The Morgan fingerprint density at radius 3 is 1.69 bits per heavy atom. The molecule has 0 aliphatic carbocycles. The highest BCUT2D eigenvalue weighted by Gasteiger charge is 2.25. The molecule has 0 spiro atoms. The van der Waals surface area contributed by atoms with Gasteiger partial charge in [0.15, 0.2) is 23.0 Å². The van der Waals surface area contributed by atoms with E-state index in [4.69, 9.17) is 28.2 Å². The number of rotatable bonds is 9. The van der Waals surface area contributed by atoms with Gasteiger partial charge in [-0.3, -0.25) is 14.9 Å². The van der Waals surface area contributed by atoms with Gasteiger partial charge in [0, 0.05) is 11.1 Å². The maximum Gasteiger partial charge on any atom is 0.524 e. The average molecular weight is 467 g/mol. The van der Waals surface area contributed by atoms with Gasteiger partial charge < -0.3 is 28.2 Å². The molecule has 12 nitrogen and oxygen atoms in total. The summed E-state index contributed by atoms with van der Waals surface area (Å²) in [5, 5.41) is 10.8. The van der Waals surface area contributed by atoms with Crippen LogP contribution in [0.5, 0.6) is 34.5 Å². The minimum Gasteiger partial charge on any atom is -0.493 e. The number of nitrogens with one attached hydrogen (secondary N) is 1. The highest BCUT2D eigenvalue weighted by atomic mass is 31.2. The maximum absolute atomic E-state index is 11.5. The predicted octanol–water partition coefficient (Wildman–Crippen LogP) is 2.65. The molecular formula is C19H22N3O9P. The molecule has 0 fully saturated rings. The first-order valence-corrected chi connectivity index (χ1v) is 10.5. The van der Waals surface area contributed by atoms with Gasteiger partial charge in [-0.2, -0.15) is 0 Å². The van der Waals surface area contributed by atoms with E-state index < -0.39 is 7.82 Å². The normalized spacial score (nSPS) is 11.1. The summed E-state index contributed by atoms with van der Waals surface area (Å²) in [5.74, 6) is 1.20. The number of ether oxygens (including phenoxy) is 5. The zero-order valence-corrected chi connectivity index (χ0v) is 18.8. The van der Waals surface area contributed by atoms with Gasteiger partial charge in [-0.25, -0.2) is 4.57 Å². The predicted molar refractivity (Wildman–Crippen MR) is 113 cm³/mol. The SMILES string of the molecule is COc1cc(-c2nn[nH]c2-c2cc(OC)c(OC)c(OP(=O)(O)O)c2)cc(OC)c1OC. The number of methoxy groups -OCH3 is 5. The second kappa shape index (κ2) is 9.35. The minimum absolute atomic E-state index is 0.0152. The van der Waals surface area contributed by atoms with Gasteiger partial charge in [0.05, 0.1) is 41.2 Å². The van der Waals surface area contributed by atoms with Gasteiger partial charge in [-0.15, -0.1) is 5.10 Å². The van der Waals surface area contributed by atoms with Crippen LogP contribution in [0.25, 0.3) is 22.5 Å². The third-order valence-corrected chi connectivity index (χ3v) is 4.87. The topological polar surface area (TPSA) is 154 Å². The molecule has 3 aromatic rings. The molecule has 1 heterocycles. The summed E-state index contributed by atoms with van der Waals surface area (Å²) in [6.45, 7) is 0. The van der Waals surface area contributed by atoms with Crippen molar-refractivity contribution in [3.8, 4) is 57.0 Å². The summed E-state index contributed by atoms with van der Waals surface area (Å²) in [6, 6.07) is 6.34. The lowest BCUT2D eigenvalue weighted by atomic mass is 10.0. The quantitative estimate of drug-likeness (QED) is 0.398. The summed E-state index contributed by atoms with van der Waals surface area (Å²) in [4.78, 5) is 18.6. The Labute approximate surface area is 183 Å². The van der Waals surface area contributed by atoms with Gasteiger partial charge in [0.1, 0.15) is 5.69 Å². The molecule has 0 aliphatic heterocycles. The second-order valence-corrected chi connectivity index (χ2v) is 7.40. The van der Waals surface area contributed by atoms with Crippen LogP contribution in [0.4, 0.5) is 0 Å². The van der Waals surface area contributed by atoms with Crippen LogP contribution >= 0.6 is 7.82 Å². The van der Waals surface area contributed by atoms with Gasteiger partial charge >= 0.3 is 7.82 Å². The first kappa shape index (κ1) is 23.2. The molecule has 0 atom stereocenters. The smallest absolute Gasteiger partial charge is 0.493 e. The first-order valence-electron chi connectivity index (χ1n) is 8.99. The Balaban J connectivity index is 2.20. The zero-order valence-electron chi connectivity index (χ0n) is 17.9. The molecule has 172 valence electrons. The van der Waals surface area contributed by atoms with Crippen molar-refractivity contribution in [1.82, 2.24) is 15.4 Å². The number of hydrogen-bond donors (Lipinski definition) is 3. The fraction of sp³-hybridized carbons (Fsp3) is 0.263. The van der Waals surface area contributed by atoms with Crippen molar-refractivity contribution in [1.29, 1.82) is 0 Å². The van der Waals surface area contributed by atoms with Crippen LogP contribution in [-0.4, -0.2) is 60.7 Å². The number of phosphoric ester groups is 1. The Morgan fingerprint density at radius 1 is 0.750 bits per heavy atom. The van der Waals surface area contributed by atoms with E-state index >= 15 is 0 Å². The van der Waals surface area contributed by atoms with Crippen LogP contribution in [0.3, 0.4) is 0 Å². The Bertz CT molecular complexity index is 1130. The molecule has 32 heavy (non-hydrogen) atoms. The molecular weight excluding hydrogens is 445 g/mol. The number of phosphoric acid groups is 1. The molecule has 2 aromatic carbocycles. The summed E-state index contributed by atoms with van der Waals surface area (Å²) >= 11 is 0. The van der Waals surface area contributed by atoms with Crippen LogP contribution in [0.15, 0.2) is 24.3 Å². The highest BCUT2D eigenvalue weighted by molar-refractivity contribution is 7.46. The second-order valence-electron chi connectivity index (χ2n) is 6.24. The van der Waals surface area contributed by atoms with Crippen LogP contribution in [0, 0.1) is 0 Å². The Morgan fingerprint density at radius 2 is 1.22 bits per heavy atom. The van der Waals surface area contributed by atoms with Gasteiger partial charge in [-0.1, -0.05) is 5.21 Å². The third-order valence-electron chi connectivity index (χ3n) is 4.44. The number of aromatic amines is 1. The van der Waals surface area contributed by atoms with E-state index in [2.05, 4.69) is 15.4 Å². The van der Waals surface area contributed by atoms with Crippen molar-refractivity contribution in [3.63, 3.8) is 0 Å². The molecule has 13 heteroatoms. The van der Waals surface area contributed by atoms with Gasteiger partial charge in [0.2, 0.25) is 11.5 Å². The number of aromatic nitrogens is 3. The van der Waals surface area contributed by atoms with E-state index in [0.717, 1.165) is 0 Å². The fourth-order valence-electron chi connectivity index (χ4n) is 3.12. The van der Waals surface area contributed by atoms with Crippen LogP contribution in [0.2, 0.25) is 0 Å². The number of benzene rings is 2. The number of H-pyrrole nitrogens is 1.